The molecule has 0 aliphatic carbocycles. The van der Waals surface area contributed by atoms with Crippen LogP contribution in [-0.2, 0) is 4.79 Å². The van der Waals surface area contributed by atoms with Gasteiger partial charge in [-0.2, -0.15) is 0 Å². The van der Waals surface area contributed by atoms with Gasteiger partial charge in [0.2, 0.25) is 0 Å². The average Bonchev–Trinajstić information content (AvgIpc) is 2.54. The fourth-order valence-corrected chi connectivity index (χ4v) is 2.77. The first-order valence-electron chi connectivity index (χ1n) is 8.02. The lowest BCUT2D eigenvalue weighted by Gasteiger charge is -2.25. The van der Waals surface area contributed by atoms with Crippen LogP contribution in [0.3, 0.4) is 0 Å². The summed E-state index contributed by atoms with van der Waals surface area (Å²) in [6.45, 7) is 0.262. The standard InChI is InChI=1S/C15H22BCl2N3O4S/c17-11-4-3-10(9-12(11)18)21-14(26)20-8-6-15(19,13(22)23)5-1-2-7-16(24)25/h3-4,9,24-25H,1-2,5-8,19H2,(H,22,23)(H2,20,21,26). The molecule has 11 heteroatoms. The van der Waals surface area contributed by atoms with E-state index in [4.69, 9.17) is 51.2 Å². The van der Waals surface area contributed by atoms with Crippen LogP contribution in [0.5, 0.6) is 0 Å². The molecule has 1 aromatic carbocycles. The molecule has 1 rings (SSSR count). The van der Waals surface area contributed by atoms with Crippen molar-refractivity contribution in [3.05, 3.63) is 28.2 Å². The minimum absolute atomic E-state index is 0.160. The SMILES string of the molecule is NC(CCCCB(O)O)(CCNC(=S)Nc1ccc(Cl)c(Cl)c1)C(=O)O. The van der Waals surface area contributed by atoms with Crippen molar-refractivity contribution in [3.8, 4) is 0 Å². The lowest BCUT2D eigenvalue weighted by molar-refractivity contribution is -0.143. The van der Waals surface area contributed by atoms with Gasteiger partial charge in [0.25, 0.3) is 0 Å². The number of nitrogens with one attached hydrogen (secondary N) is 2. The van der Waals surface area contributed by atoms with Gasteiger partial charge in [0, 0.05) is 12.2 Å². The van der Waals surface area contributed by atoms with Gasteiger partial charge in [0.05, 0.1) is 10.0 Å². The first-order valence-corrected chi connectivity index (χ1v) is 9.19. The summed E-state index contributed by atoms with van der Waals surface area (Å²) in [5.41, 5.74) is 5.21. The van der Waals surface area contributed by atoms with Gasteiger partial charge in [-0.1, -0.05) is 36.0 Å². The fourth-order valence-electron chi connectivity index (χ4n) is 2.25. The molecule has 0 fully saturated rings. The summed E-state index contributed by atoms with van der Waals surface area (Å²) in [7, 11) is -1.39. The molecule has 0 amide bonds. The molecular weight excluding hydrogens is 400 g/mol. The zero-order valence-electron chi connectivity index (χ0n) is 14.0. The maximum atomic E-state index is 11.5. The second-order valence-corrected chi connectivity index (χ2v) is 7.17. The highest BCUT2D eigenvalue weighted by Crippen LogP contribution is 2.25. The Balaban J connectivity index is 2.44. The van der Waals surface area contributed by atoms with Crippen LogP contribution in [0.4, 0.5) is 5.69 Å². The van der Waals surface area contributed by atoms with E-state index in [1.807, 2.05) is 0 Å². The second kappa shape index (κ2) is 10.9. The molecule has 0 aliphatic heterocycles. The third kappa shape index (κ3) is 8.07. The summed E-state index contributed by atoms with van der Waals surface area (Å²) in [4.78, 5) is 11.5. The van der Waals surface area contributed by atoms with Gasteiger partial charge in [-0.15, -0.1) is 0 Å². The lowest BCUT2D eigenvalue weighted by atomic mass is 9.81. The topological polar surface area (TPSA) is 128 Å². The van der Waals surface area contributed by atoms with E-state index in [0.29, 0.717) is 33.7 Å². The van der Waals surface area contributed by atoms with E-state index in [9.17, 15) is 9.90 Å². The van der Waals surface area contributed by atoms with E-state index in [1.165, 1.54) is 0 Å². The predicted molar refractivity (Wildman–Crippen MR) is 109 cm³/mol. The summed E-state index contributed by atoms with van der Waals surface area (Å²) in [6, 6.07) is 4.97. The summed E-state index contributed by atoms with van der Waals surface area (Å²) in [5, 5.41) is 33.9. The van der Waals surface area contributed by atoms with Gasteiger partial charge in [-0.25, -0.2) is 0 Å². The van der Waals surface area contributed by atoms with Crippen molar-refractivity contribution in [2.75, 3.05) is 11.9 Å². The molecule has 0 spiro atoms. The predicted octanol–water partition coefficient (Wildman–Crippen LogP) is 2.10. The van der Waals surface area contributed by atoms with E-state index in [1.54, 1.807) is 18.2 Å². The third-order valence-electron chi connectivity index (χ3n) is 3.80. The highest BCUT2D eigenvalue weighted by Gasteiger charge is 2.32. The van der Waals surface area contributed by atoms with Crippen molar-refractivity contribution < 1.29 is 19.9 Å². The fraction of sp³-hybridized carbons (Fsp3) is 0.467. The van der Waals surface area contributed by atoms with Crippen molar-refractivity contribution in [1.29, 1.82) is 0 Å². The Morgan fingerprint density at radius 3 is 2.50 bits per heavy atom. The molecule has 1 aromatic rings. The number of carboxylic acids is 1. The second-order valence-electron chi connectivity index (χ2n) is 5.95. The van der Waals surface area contributed by atoms with Crippen molar-refractivity contribution in [3.63, 3.8) is 0 Å². The van der Waals surface area contributed by atoms with Crippen LogP contribution in [0.2, 0.25) is 16.4 Å². The molecule has 1 unspecified atom stereocenters. The third-order valence-corrected chi connectivity index (χ3v) is 4.78. The van der Waals surface area contributed by atoms with E-state index in [0.717, 1.165) is 0 Å². The molecule has 26 heavy (non-hydrogen) atoms. The van der Waals surface area contributed by atoms with Crippen molar-refractivity contribution >= 4 is 59.3 Å². The van der Waals surface area contributed by atoms with Crippen LogP contribution in [0.15, 0.2) is 18.2 Å². The summed E-state index contributed by atoms with van der Waals surface area (Å²) < 4.78 is 0. The number of halogens is 2. The molecule has 0 saturated heterocycles. The van der Waals surface area contributed by atoms with Crippen LogP contribution in [0, 0.1) is 0 Å². The molecule has 144 valence electrons. The number of hydrogen-bond acceptors (Lipinski definition) is 5. The highest BCUT2D eigenvalue weighted by molar-refractivity contribution is 7.80. The Kier molecular flexibility index (Phi) is 9.63. The molecule has 0 saturated carbocycles. The Morgan fingerprint density at radius 2 is 1.92 bits per heavy atom. The molecule has 0 radical (unpaired) electrons. The number of aliphatic carboxylic acids is 1. The number of thiocarbonyl (C=S) groups is 1. The van der Waals surface area contributed by atoms with Crippen molar-refractivity contribution in [1.82, 2.24) is 5.32 Å². The van der Waals surface area contributed by atoms with E-state index in [2.05, 4.69) is 10.6 Å². The van der Waals surface area contributed by atoms with Crippen LogP contribution < -0.4 is 16.4 Å². The summed E-state index contributed by atoms with van der Waals surface area (Å²) in [6.07, 6.45) is 1.53. The van der Waals surface area contributed by atoms with Crippen LogP contribution in [-0.4, -0.2) is 45.4 Å². The van der Waals surface area contributed by atoms with Gasteiger partial charge < -0.3 is 31.5 Å². The minimum atomic E-state index is -1.41. The Bertz CT molecular complexity index is 639. The number of hydrogen-bond donors (Lipinski definition) is 6. The van der Waals surface area contributed by atoms with E-state index >= 15 is 0 Å². The maximum Gasteiger partial charge on any atom is 0.451 e. The number of rotatable bonds is 10. The number of carboxylic acid groups (broad SMARTS) is 1. The number of unbranched alkanes of at least 4 members (excludes halogenated alkanes) is 1. The molecular formula is C15H22BCl2N3O4S. The lowest BCUT2D eigenvalue weighted by Crippen LogP contribution is -2.50. The van der Waals surface area contributed by atoms with Crippen LogP contribution >= 0.6 is 35.4 Å². The summed E-state index contributed by atoms with van der Waals surface area (Å²) >= 11 is 16.9. The Hall–Kier alpha value is -1.10. The minimum Gasteiger partial charge on any atom is -0.480 e. The zero-order chi connectivity index (χ0) is 19.7. The van der Waals surface area contributed by atoms with E-state index in [-0.39, 0.29) is 25.7 Å². The monoisotopic (exact) mass is 421 g/mol. The van der Waals surface area contributed by atoms with Gasteiger partial charge in [0.1, 0.15) is 5.54 Å². The molecule has 0 aromatic heterocycles. The zero-order valence-corrected chi connectivity index (χ0v) is 16.4. The first kappa shape index (κ1) is 22.9. The van der Waals surface area contributed by atoms with Gasteiger partial charge >= 0.3 is 13.1 Å². The first-order chi connectivity index (χ1) is 12.1. The Labute approximate surface area is 168 Å². The van der Waals surface area contributed by atoms with Crippen LogP contribution in [0.1, 0.15) is 25.7 Å². The number of anilines is 1. The largest absolute Gasteiger partial charge is 0.480 e. The molecule has 0 heterocycles. The quantitative estimate of drug-likeness (QED) is 0.192. The smallest absolute Gasteiger partial charge is 0.451 e. The number of nitrogens with two attached hydrogens (primary N) is 1. The normalized spacial score (nSPS) is 13.0. The maximum absolute atomic E-state index is 11.5. The van der Waals surface area contributed by atoms with Gasteiger partial charge in [-0.3, -0.25) is 4.79 Å². The van der Waals surface area contributed by atoms with Crippen LogP contribution in [0.25, 0.3) is 0 Å². The van der Waals surface area contributed by atoms with Crippen molar-refractivity contribution in [2.45, 2.75) is 37.5 Å². The number of benzene rings is 1. The van der Waals surface area contributed by atoms with Gasteiger partial charge in [0.15, 0.2) is 5.11 Å². The Morgan fingerprint density at radius 1 is 1.23 bits per heavy atom. The molecule has 0 aliphatic rings. The van der Waals surface area contributed by atoms with E-state index < -0.39 is 18.6 Å². The molecule has 1 atom stereocenters. The highest BCUT2D eigenvalue weighted by atomic mass is 35.5. The average molecular weight is 422 g/mol. The molecule has 0 bridgehead atoms. The van der Waals surface area contributed by atoms with Crippen molar-refractivity contribution in [2.24, 2.45) is 5.73 Å². The summed E-state index contributed by atoms with van der Waals surface area (Å²) in [5.74, 6) is -1.10. The van der Waals surface area contributed by atoms with Gasteiger partial charge in [-0.05, 0) is 49.6 Å². The number of carbonyl (C=O) groups is 1. The molecule has 7 nitrogen and oxygen atoms in total. The molecule has 7 N–H and O–H groups in total.